The molecule has 1 nitrogen and oxygen atoms in total. The average molecular weight is 226 g/mol. The fourth-order valence-corrected chi connectivity index (χ4v) is 0.773. The number of rotatable bonds is 3. The van der Waals surface area contributed by atoms with Gasteiger partial charge in [0.2, 0.25) is 0 Å². The van der Waals surface area contributed by atoms with Crippen LogP contribution >= 0.6 is 0 Å². The third-order valence-corrected chi connectivity index (χ3v) is 1.58. The first kappa shape index (κ1) is 11.7. The maximum absolute atomic E-state index is 12.4. The van der Waals surface area contributed by atoms with Crippen LogP contribution in [0.15, 0.2) is 30.3 Å². The Morgan fingerprint density at radius 1 is 0.933 bits per heavy atom. The molecule has 0 atom stereocenters. The van der Waals surface area contributed by atoms with Crippen molar-refractivity contribution in [3.05, 3.63) is 30.3 Å². The Morgan fingerprint density at radius 3 is 1.93 bits per heavy atom. The first-order chi connectivity index (χ1) is 6.83. The van der Waals surface area contributed by atoms with Crippen LogP contribution in [-0.4, -0.2) is 18.7 Å². The van der Waals surface area contributed by atoms with Gasteiger partial charge in [-0.1, -0.05) is 18.2 Å². The first-order valence-corrected chi connectivity index (χ1v) is 3.95. The predicted octanol–water partition coefficient (Wildman–Crippen LogP) is 3.26. The Hall–Kier alpha value is -1.33. The van der Waals surface area contributed by atoms with Crippen molar-refractivity contribution in [2.75, 3.05) is 6.61 Å². The van der Waals surface area contributed by atoms with Crippen molar-refractivity contribution in [3.8, 4) is 5.75 Å². The summed E-state index contributed by atoms with van der Waals surface area (Å²) in [5, 5.41) is 0. The summed E-state index contributed by atoms with van der Waals surface area (Å²) in [5.41, 5.74) is 0. The van der Waals surface area contributed by atoms with Gasteiger partial charge in [0.25, 0.3) is 0 Å². The van der Waals surface area contributed by atoms with Gasteiger partial charge in [-0.05, 0) is 12.1 Å². The van der Waals surface area contributed by atoms with Crippen molar-refractivity contribution in [3.63, 3.8) is 0 Å². The summed E-state index contributed by atoms with van der Waals surface area (Å²) in [5.74, 6) is -4.86. The van der Waals surface area contributed by atoms with Crippen LogP contribution in [0.3, 0.4) is 0 Å². The number of para-hydroxylation sites is 1. The lowest BCUT2D eigenvalue weighted by Crippen LogP contribution is -2.41. The average Bonchev–Trinajstić information content (AvgIpc) is 2.15. The second-order valence-electron chi connectivity index (χ2n) is 2.80. The quantitative estimate of drug-likeness (QED) is 0.719. The van der Waals surface area contributed by atoms with Crippen LogP contribution in [0, 0.1) is 0 Å². The molecule has 15 heavy (non-hydrogen) atoms. The molecule has 0 aromatic heterocycles. The summed E-state index contributed by atoms with van der Waals surface area (Å²) < 4.78 is 64.2. The van der Waals surface area contributed by atoms with E-state index in [-0.39, 0.29) is 5.75 Å². The fourth-order valence-electron chi connectivity index (χ4n) is 0.773. The zero-order chi connectivity index (χ0) is 11.5. The van der Waals surface area contributed by atoms with Gasteiger partial charge in [0.05, 0.1) is 0 Å². The van der Waals surface area contributed by atoms with Gasteiger partial charge in [-0.2, -0.15) is 22.0 Å². The maximum atomic E-state index is 12.4. The van der Waals surface area contributed by atoms with Crippen molar-refractivity contribution < 1.29 is 26.7 Å². The second kappa shape index (κ2) is 4.04. The van der Waals surface area contributed by atoms with Crippen molar-refractivity contribution >= 4 is 0 Å². The Bertz CT molecular complexity index is 306. The molecule has 0 spiro atoms. The van der Waals surface area contributed by atoms with Crippen molar-refractivity contribution in [2.45, 2.75) is 12.1 Å². The highest BCUT2D eigenvalue weighted by molar-refractivity contribution is 5.21. The van der Waals surface area contributed by atoms with Gasteiger partial charge in [0, 0.05) is 0 Å². The van der Waals surface area contributed by atoms with Crippen LogP contribution in [0.1, 0.15) is 0 Å². The summed E-state index contributed by atoms with van der Waals surface area (Å²) in [7, 11) is 0. The SMILES string of the molecule is FC(F)(F)C(F)(F)COc1ccccc1. The summed E-state index contributed by atoms with van der Waals surface area (Å²) in [6.45, 7) is -1.71. The topological polar surface area (TPSA) is 9.23 Å². The molecule has 84 valence electrons. The van der Waals surface area contributed by atoms with E-state index in [0.29, 0.717) is 0 Å². The molecule has 0 unspecified atom stereocenters. The zero-order valence-electron chi connectivity index (χ0n) is 7.39. The lowest BCUT2D eigenvalue weighted by atomic mass is 10.3. The van der Waals surface area contributed by atoms with Crippen LogP contribution in [0.2, 0.25) is 0 Å². The van der Waals surface area contributed by atoms with Crippen LogP contribution in [0.25, 0.3) is 0 Å². The van der Waals surface area contributed by atoms with E-state index in [0.717, 1.165) is 0 Å². The lowest BCUT2D eigenvalue weighted by molar-refractivity contribution is -0.290. The number of alkyl halides is 5. The van der Waals surface area contributed by atoms with E-state index in [2.05, 4.69) is 4.74 Å². The molecular weight excluding hydrogens is 219 g/mol. The van der Waals surface area contributed by atoms with Crippen LogP contribution < -0.4 is 4.74 Å². The summed E-state index contributed by atoms with van der Waals surface area (Å²) >= 11 is 0. The highest BCUT2D eigenvalue weighted by Crippen LogP contribution is 2.35. The second-order valence-corrected chi connectivity index (χ2v) is 2.80. The largest absolute Gasteiger partial charge is 0.487 e. The van der Waals surface area contributed by atoms with Crippen molar-refractivity contribution in [1.82, 2.24) is 0 Å². The Balaban J connectivity index is 2.58. The number of ether oxygens (including phenoxy) is 1. The minimum absolute atomic E-state index is 0.0265. The van der Waals surface area contributed by atoms with Gasteiger partial charge < -0.3 is 4.74 Å². The molecule has 1 rings (SSSR count). The Morgan fingerprint density at radius 2 is 1.47 bits per heavy atom. The third-order valence-electron chi connectivity index (χ3n) is 1.58. The standard InChI is InChI=1S/C9H7F5O/c10-8(11,9(12,13)14)6-15-7-4-2-1-3-5-7/h1-5H,6H2. The van der Waals surface area contributed by atoms with Crippen LogP contribution in [-0.2, 0) is 0 Å². The summed E-state index contributed by atoms with van der Waals surface area (Å²) in [6, 6.07) is 7.13. The molecule has 0 aliphatic rings. The van der Waals surface area contributed by atoms with Gasteiger partial charge in [-0.25, -0.2) is 0 Å². The van der Waals surface area contributed by atoms with Crippen LogP contribution in [0.5, 0.6) is 5.75 Å². The van der Waals surface area contributed by atoms with E-state index in [9.17, 15) is 22.0 Å². The molecule has 0 saturated heterocycles. The normalized spacial score (nSPS) is 12.6. The first-order valence-electron chi connectivity index (χ1n) is 3.95. The van der Waals surface area contributed by atoms with E-state index in [1.807, 2.05) is 0 Å². The van der Waals surface area contributed by atoms with Crippen LogP contribution in [0.4, 0.5) is 22.0 Å². The van der Waals surface area contributed by atoms with E-state index >= 15 is 0 Å². The van der Waals surface area contributed by atoms with Gasteiger partial charge in [-0.15, -0.1) is 0 Å². The molecule has 0 aliphatic carbocycles. The lowest BCUT2D eigenvalue weighted by Gasteiger charge is -2.19. The number of benzene rings is 1. The zero-order valence-corrected chi connectivity index (χ0v) is 7.39. The molecule has 6 heteroatoms. The summed E-state index contributed by atoms with van der Waals surface area (Å²) in [4.78, 5) is 0. The van der Waals surface area contributed by atoms with Gasteiger partial charge in [0.1, 0.15) is 5.75 Å². The molecule has 1 aromatic rings. The molecular formula is C9H7F5O. The van der Waals surface area contributed by atoms with E-state index < -0.39 is 18.7 Å². The minimum Gasteiger partial charge on any atom is -0.487 e. The Kier molecular flexibility index (Phi) is 3.16. The number of halogens is 5. The molecule has 0 aliphatic heterocycles. The number of hydrogen-bond acceptors (Lipinski definition) is 1. The molecule has 0 fully saturated rings. The van der Waals surface area contributed by atoms with Crippen molar-refractivity contribution in [2.24, 2.45) is 0 Å². The maximum Gasteiger partial charge on any atom is 0.456 e. The van der Waals surface area contributed by atoms with E-state index in [1.165, 1.54) is 24.3 Å². The van der Waals surface area contributed by atoms with E-state index in [4.69, 9.17) is 0 Å². The Labute approximate surface area is 82.5 Å². The predicted molar refractivity (Wildman–Crippen MR) is 42.9 cm³/mol. The van der Waals surface area contributed by atoms with Gasteiger partial charge in [0.15, 0.2) is 6.61 Å². The third kappa shape index (κ3) is 3.07. The van der Waals surface area contributed by atoms with Gasteiger partial charge in [-0.3, -0.25) is 0 Å². The van der Waals surface area contributed by atoms with Gasteiger partial charge >= 0.3 is 12.1 Å². The summed E-state index contributed by atoms with van der Waals surface area (Å²) in [6.07, 6.45) is -5.58. The molecule has 0 bridgehead atoms. The van der Waals surface area contributed by atoms with E-state index in [1.54, 1.807) is 6.07 Å². The molecule has 1 aromatic carbocycles. The highest BCUT2D eigenvalue weighted by Gasteiger charge is 2.58. The molecule has 0 N–H and O–H groups in total. The fraction of sp³-hybridized carbons (Fsp3) is 0.333. The number of hydrogen-bond donors (Lipinski definition) is 0. The van der Waals surface area contributed by atoms with Crippen molar-refractivity contribution in [1.29, 1.82) is 0 Å². The molecule has 0 saturated carbocycles. The molecule has 0 amide bonds. The molecule has 0 radical (unpaired) electrons. The monoisotopic (exact) mass is 226 g/mol. The smallest absolute Gasteiger partial charge is 0.456 e. The molecule has 0 heterocycles. The highest BCUT2D eigenvalue weighted by atomic mass is 19.4. The minimum atomic E-state index is -5.58.